The zero-order valence-electron chi connectivity index (χ0n) is 14.2. The van der Waals surface area contributed by atoms with Crippen LogP contribution in [0.2, 0.25) is 0 Å². The number of allylic oxidation sites excluding steroid dienone is 1. The summed E-state index contributed by atoms with van der Waals surface area (Å²) in [4.78, 5) is 0. The maximum Gasteiger partial charge on any atom is 0.0108 e. The minimum absolute atomic E-state index is 0.000255. The second-order valence-electron chi connectivity index (χ2n) is 6.76. The zero-order valence-corrected chi connectivity index (χ0v) is 15.0. The minimum Gasteiger partial charge on any atom is -0.179 e. The van der Waals surface area contributed by atoms with Crippen LogP contribution in [-0.2, 0) is 11.8 Å². The lowest BCUT2D eigenvalue weighted by Crippen LogP contribution is -2.21. The quantitative estimate of drug-likeness (QED) is 0.344. The van der Waals surface area contributed by atoms with E-state index < -0.39 is 0 Å². The van der Waals surface area contributed by atoms with Gasteiger partial charge in [0.05, 0.1) is 0 Å². The van der Waals surface area contributed by atoms with Crippen LogP contribution in [0, 0.1) is 0 Å². The van der Waals surface area contributed by atoms with Crippen LogP contribution in [0.1, 0.15) is 51.2 Å². The first-order valence-electron chi connectivity index (χ1n) is 8.26. The monoisotopic (exact) mass is 312 g/mol. The molecule has 0 unspecified atom stereocenters. The van der Waals surface area contributed by atoms with Crippen molar-refractivity contribution in [3.05, 3.63) is 59.7 Å². The maximum atomic E-state index is 4.31. The molecule has 0 amide bonds. The van der Waals surface area contributed by atoms with Crippen molar-refractivity contribution in [1.82, 2.24) is 0 Å². The molecule has 0 radical (unpaired) electrons. The van der Waals surface area contributed by atoms with Gasteiger partial charge in [-0.25, -0.2) is 0 Å². The molecular formula is C21H28S. The van der Waals surface area contributed by atoms with Gasteiger partial charge in [-0.2, -0.15) is 12.6 Å². The molecule has 1 heteroatoms. The average Bonchev–Trinajstić information content (AvgIpc) is 2.50. The van der Waals surface area contributed by atoms with Gasteiger partial charge in [-0.3, -0.25) is 0 Å². The zero-order chi connectivity index (χ0) is 16.2. The molecule has 0 aliphatic rings. The molecule has 0 atom stereocenters. The molecule has 0 aliphatic carbocycles. The van der Waals surface area contributed by atoms with Gasteiger partial charge in [0, 0.05) is 5.41 Å². The SMILES string of the molecule is C=C(C)C(C)(C)c1c(CCCCCS)ccc2ccccc12. The van der Waals surface area contributed by atoms with Gasteiger partial charge in [0.25, 0.3) is 0 Å². The second-order valence-corrected chi connectivity index (χ2v) is 7.21. The van der Waals surface area contributed by atoms with Gasteiger partial charge >= 0.3 is 0 Å². The van der Waals surface area contributed by atoms with Crippen LogP contribution < -0.4 is 0 Å². The van der Waals surface area contributed by atoms with Crippen LogP contribution in [0.3, 0.4) is 0 Å². The Bertz CT molecular complexity index is 652. The highest BCUT2D eigenvalue weighted by Gasteiger charge is 2.26. The summed E-state index contributed by atoms with van der Waals surface area (Å²) in [5.74, 6) is 0.988. The molecule has 2 rings (SSSR count). The third-order valence-corrected chi connectivity index (χ3v) is 5.13. The van der Waals surface area contributed by atoms with Gasteiger partial charge in [0.15, 0.2) is 0 Å². The van der Waals surface area contributed by atoms with Gasteiger partial charge in [-0.1, -0.05) is 68.8 Å². The van der Waals surface area contributed by atoms with E-state index in [4.69, 9.17) is 0 Å². The highest BCUT2D eigenvalue weighted by molar-refractivity contribution is 7.80. The van der Waals surface area contributed by atoms with Gasteiger partial charge in [-0.05, 0) is 53.8 Å². The van der Waals surface area contributed by atoms with Crippen molar-refractivity contribution in [3.8, 4) is 0 Å². The van der Waals surface area contributed by atoms with E-state index in [2.05, 4.69) is 76.4 Å². The molecule has 22 heavy (non-hydrogen) atoms. The smallest absolute Gasteiger partial charge is 0.0108 e. The Labute approximate surface area is 141 Å². The Hall–Kier alpha value is -1.21. The maximum absolute atomic E-state index is 4.31. The van der Waals surface area contributed by atoms with E-state index in [1.807, 2.05) is 0 Å². The third-order valence-electron chi connectivity index (χ3n) is 4.81. The van der Waals surface area contributed by atoms with E-state index in [0.717, 1.165) is 12.2 Å². The number of rotatable bonds is 7. The van der Waals surface area contributed by atoms with Gasteiger partial charge in [0.1, 0.15) is 0 Å². The van der Waals surface area contributed by atoms with Crippen molar-refractivity contribution in [2.24, 2.45) is 0 Å². The van der Waals surface area contributed by atoms with Crippen LogP contribution in [0.25, 0.3) is 10.8 Å². The molecule has 0 saturated heterocycles. The first-order chi connectivity index (χ1) is 10.5. The third kappa shape index (κ3) is 3.57. The van der Waals surface area contributed by atoms with E-state index >= 15 is 0 Å². The number of hydrogen-bond donors (Lipinski definition) is 1. The standard InChI is InChI=1S/C21H28S/c1-16(2)21(3,4)20-18(11-6-5-9-15-22)14-13-17-10-7-8-12-19(17)20/h7-8,10,12-14,22H,1,5-6,9,11,15H2,2-4H3. The molecule has 0 nitrogen and oxygen atoms in total. The van der Waals surface area contributed by atoms with Crippen LogP contribution in [-0.4, -0.2) is 5.75 Å². The lowest BCUT2D eigenvalue weighted by Gasteiger charge is -2.30. The van der Waals surface area contributed by atoms with Gasteiger partial charge in [0.2, 0.25) is 0 Å². The normalized spacial score (nSPS) is 11.8. The predicted molar refractivity (Wildman–Crippen MR) is 103 cm³/mol. The van der Waals surface area contributed by atoms with Crippen LogP contribution in [0.15, 0.2) is 48.6 Å². The molecule has 2 aromatic rings. The van der Waals surface area contributed by atoms with Crippen LogP contribution >= 0.6 is 12.6 Å². The summed E-state index contributed by atoms with van der Waals surface area (Å²) >= 11 is 4.31. The Kier molecular flexibility index (Phi) is 5.74. The molecule has 0 bridgehead atoms. The molecule has 0 heterocycles. The Morgan fingerprint density at radius 2 is 1.77 bits per heavy atom. The summed E-state index contributed by atoms with van der Waals surface area (Å²) in [5, 5.41) is 2.70. The number of unbranched alkanes of at least 4 members (excludes halogenated alkanes) is 2. The molecular weight excluding hydrogens is 284 g/mol. The molecule has 2 aromatic carbocycles. The Morgan fingerprint density at radius 3 is 2.45 bits per heavy atom. The van der Waals surface area contributed by atoms with E-state index in [1.165, 1.54) is 46.7 Å². The van der Waals surface area contributed by atoms with E-state index in [0.29, 0.717) is 0 Å². The van der Waals surface area contributed by atoms with E-state index in [1.54, 1.807) is 0 Å². The Morgan fingerprint density at radius 1 is 1.05 bits per heavy atom. The number of thiol groups is 1. The number of benzene rings is 2. The number of hydrogen-bond acceptors (Lipinski definition) is 1. The minimum atomic E-state index is -0.000255. The summed E-state index contributed by atoms with van der Waals surface area (Å²) in [6.07, 6.45) is 4.84. The summed E-state index contributed by atoms with van der Waals surface area (Å²) in [7, 11) is 0. The molecule has 0 saturated carbocycles. The molecule has 0 fully saturated rings. The van der Waals surface area contributed by atoms with Gasteiger partial charge < -0.3 is 0 Å². The van der Waals surface area contributed by atoms with Gasteiger partial charge in [-0.15, -0.1) is 0 Å². The predicted octanol–water partition coefficient (Wildman–Crippen LogP) is 6.34. The first kappa shape index (κ1) is 17.1. The summed E-state index contributed by atoms with van der Waals surface area (Å²) in [6.45, 7) is 11.0. The highest BCUT2D eigenvalue weighted by atomic mass is 32.1. The summed E-state index contributed by atoms with van der Waals surface area (Å²) in [6, 6.07) is 13.3. The number of aryl methyl sites for hydroxylation is 1. The second kappa shape index (κ2) is 7.37. The molecule has 0 spiro atoms. The Balaban J connectivity index is 2.49. The van der Waals surface area contributed by atoms with Crippen LogP contribution in [0.5, 0.6) is 0 Å². The largest absolute Gasteiger partial charge is 0.179 e. The van der Waals surface area contributed by atoms with Crippen molar-refractivity contribution in [1.29, 1.82) is 0 Å². The fourth-order valence-electron chi connectivity index (χ4n) is 3.08. The lowest BCUT2D eigenvalue weighted by molar-refractivity contribution is 0.617. The molecule has 118 valence electrons. The van der Waals surface area contributed by atoms with Crippen molar-refractivity contribution in [2.45, 2.75) is 51.9 Å². The average molecular weight is 313 g/mol. The molecule has 0 aromatic heterocycles. The fourth-order valence-corrected chi connectivity index (χ4v) is 3.30. The molecule has 0 N–H and O–H groups in total. The fraction of sp³-hybridized carbons (Fsp3) is 0.429. The molecule has 0 aliphatic heterocycles. The topological polar surface area (TPSA) is 0 Å². The first-order valence-corrected chi connectivity index (χ1v) is 8.89. The van der Waals surface area contributed by atoms with Crippen molar-refractivity contribution in [2.75, 3.05) is 5.75 Å². The summed E-state index contributed by atoms with van der Waals surface area (Å²) in [5.41, 5.74) is 4.16. The van der Waals surface area contributed by atoms with Crippen molar-refractivity contribution < 1.29 is 0 Å². The number of fused-ring (bicyclic) bond motifs is 1. The van der Waals surface area contributed by atoms with Crippen LogP contribution in [0.4, 0.5) is 0 Å². The van der Waals surface area contributed by atoms with Crippen molar-refractivity contribution >= 4 is 23.4 Å². The van der Waals surface area contributed by atoms with E-state index in [-0.39, 0.29) is 5.41 Å². The van der Waals surface area contributed by atoms with Crippen molar-refractivity contribution in [3.63, 3.8) is 0 Å². The highest BCUT2D eigenvalue weighted by Crippen LogP contribution is 2.38. The summed E-state index contributed by atoms with van der Waals surface area (Å²) < 4.78 is 0. The lowest BCUT2D eigenvalue weighted by atomic mass is 9.74. The van der Waals surface area contributed by atoms with E-state index in [9.17, 15) is 0 Å².